The molecule has 1 saturated heterocycles. The first kappa shape index (κ1) is 29.6. The van der Waals surface area contributed by atoms with Crippen molar-refractivity contribution in [1.82, 2.24) is 0 Å². The van der Waals surface area contributed by atoms with Crippen molar-refractivity contribution in [3.63, 3.8) is 0 Å². The number of rotatable bonds is 8. The van der Waals surface area contributed by atoms with Gasteiger partial charge in [-0.1, -0.05) is 63.6 Å². The van der Waals surface area contributed by atoms with E-state index in [0.717, 1.165) is 11.1 Å². The van der Waals surface area contributed by atoms with Crippen LogP contribution >= 0.6 is 0 Å². The number of aryl methyl sites for hydroxylation is 1. The van der Waals surface area contributed by atoms with E-state index in [9.17, 15) is 19.5 Å². The lowest BCUT2D eigenvalue weighted by Gasteiger charge is -2.26. The Hall–Kier alpha value is -4.39. The minimum Gasteiger partial charge on any atom is -0.507 e. The van der Waals surface area contributed by atoms with E-state index in [0.29, 0.717) is 35.6 Å². The molecule has 3 aromatic rings. The lowest BCUT2D eigenvalue weighted by molar-refractivity contribution is -0.132. The van der Waals surface area contributed by atoms with Crippen molar-refractivity contribution >= 4 is 29.1 Å². The van der Waals surface area contributed by atoms with Crippen LogP contribution in [0.25, 0.3) is 5.76 Å². The van der Waals surface area contributed by atoms with Crippen LogP contribution in [0.3, 0.4) is 0 Å². The van der Waals surface area contributed by atoms with E-state index in [2.05, 4.69) is 0 Å². The number of hydrogen-bond donors (Lipinski definition) is 1. The summed E-state index contributed by atoms with van der Waals surface area (Å²) in [6.45, 7) is 12.6. The summed E-state index contributed by atoms with van der Waals surface area (Å²) in [5.74, 6) is -1.69. The van der Waals surface area contributed by atoms with Gasteiger partial charge in [-0.3, -0.25) is 14.5 Å². The summed E-state index contributed by atoms with van der Waals surface area (Å²) in [5, 5.41) is 11.7. The van der Waals surface area contributed by atoms with Gasteiger partial charge in [0.1, 0.15) is 11.5 Å². The van der Waals surface area contributed by atoms with Gasteiger partial charge in [0.25, 0.3) is 11.7 Å². The number of hydrogen-bond acceptors (Lipinski definition) is 6. The van der Waals surface area contributed by atoms with Crippen LogP contribution < -0.4 is 9.64 Å². The maximum absolute atomic E-state index is 13.7. The molecule has 4 rings (SSSR count). The fraction of sp³-hybridized carbons (Fsp3) is 0.324. The van der Waals surface area contributed by atoms with Gasteiger partial charge in [0.2, 0.25) is 0 Å². The molecule has 214 valence electrons. The molecule has 3 aromatic carbocycles. The molecule has 1 fully saturated rings. The van der Waals surface area contributed by atoms with Gasteiger partial charge < -0.3 is 14.6 Å². The molecule has 0 aliphatic carbocycles. The second kappa shape index (κ2) is 12.0. The molecule has 1 aliphatic heterocycles. The maximum atomic E-state index is 13.7. The third kappa shape index (κ3) is 6.04. The van der Waals surface area contributed by atoms with Crippen LogP contribution in [0, 0.1) is 6.92 Å². The summed E-state index contributed by atoms with van der Waals surface area (Å²) >= 11 is 0. The van der Waals surface area contributed by atoms with Crippen molar-refractivity contribution in [2.75, 3.05) is 18.1 Å². The van der Waals surface area contributed by atoms with Gasteiger partial charge in [-0.2, -0.15) is 0 Å². The lowest BCUT2D eigenvalue weighted by atomic mass is 9.84. The Kier molecular flexibility index (Phi) is 8.66. The van der Waals surface area contributed by atoms with Gasteiger partial charge in [0.15, 0.2) is 0 Å². The van der Waals surface area contributed by atoms with Gasteiger partial charge >= 0.3 is 5.97 Å². The summed E-state index contributed by atoms with van der Waals surface area (Å²) < 4.78 is 11.1. The largest absolute Gasteiger partial charge is 0.507 e. The number of ether oxygens (including phenoxy) is 2. The fourth-order valence-electron chi connectivity index (χ4n) is 5.02. The zero-order valence-electron chi connectivity index (χ0n) is 24.5. The van der Waals surface area contributed by atoms with E-state index < -0.39 is 23.7 Å². The van der Waals surface area contributed by atoms with Crippen LogP contribution in [0.2, 0.25) is 0 Å². The average molecular weight is 556 g/mol. The number of amides is 1. The second-order valence-electron chi connectivity index (χ2n) is 11.2. The molecule has 0 saturated carbocycles. The monoisotopic (exact) mass is 555 g/mol. The number of anilines is 1. The molecule has 1 N–H and O–H groups in total. The van der Waals surface area contributed by atoms with Gasteiger partial charge in [-0.25, -0.2) is 4.79 Å². The Morgan fingerprint density at radius 1 is 0.951 bits per heavy atom. The summed E-state index contributed by atoms with van der Waals surface area (Å²) in [6.07, 6.45) is 0.676. The van der Waals surface area contributed by atoms with Crippen molar-refractivity contribution in [3.05, 3.63) is 100 Å². The Balaban J connectivity index is 1.91. The molecule has 1 unspecified atom stereocenters. The lowest BCUT2D eigenvalue weighted by Crippen LogP contribution is -2.29. The summed E-state index contributed by atoms with van der Waals surface area (Å²) in [4.78, 5) is 41.2. The summed E-state index contributed by atoms with van der Waals surface area (Å²) in [5.41, 5.74) is 3.15. The number of carbonyl (C=O) groups is 3. The predicted octanol–water partition coefficient (Wildman–Crippen LogP) is 6.88. The van der Waals surface area contributed by atoms with Crippen LogP contribution in [0.15, 0.2) is 72.3 Å². The van der Waals surface area contributed by atoms with Crippen LogP contribution in [0.1, 0.15) is 79.7 Å². The van der Waals surface area contributed by atoms with Gasteiger partial charge in [-0.15, -0.1) is 0 Å². The van der Waals surface area contributed by atoms with Gasteiger partial charge in [-0.05, 0) is 67.6 Å². The molecule has 1 amide bonds. The number of carbonyl (C=O) groups excluding carboxylic acids is 3. The topological polar surface area (TPSA) is 93.1 Å². The number of nitrogens with zero attached hydrogens (tertiary/aromatic N) is 1. The minimum absolute atomic E-state index is 0.0245. The summed E-state index contributed by atoms with van der Waals surface area (Å²) in [6, 6.07) is 18.3. The first-order chi connectivity index (χ1) is 19.5. The number of Topliss-reactive ketones (excluding diaryl/α,β-unsaturated/α-hetero) is 1. The molecular formula is C34H37NO6. The molecule has 0 radical (unpaired) electrons. The molecule has 1 aliphatic rings. The predicted molar refractivity (Wildman–Crippen MR) is 159 cm³/mol. The Morgan fingerprint density at radius 3 is 2.34 bits per heavy atom. The van der Waals surface area contributed by atoms with Crippen molar-refractivity contribution in [2.24, 2.45) is 0 Å². The van der Waals surface area contributed by atoms with E-state index in [1.807, 2.05) is 71.9 Å². The molecule has 0 bridgehead atoms. The van der Waals surface area contributed by atoms with E-state index >= 15 is 0 Å². The highest BCUT2D eigenvalue weighted by Crippen LogP contribution is 2.43. The highest BCUT2D eigenvalue weighted by atomic mass is 16.5. The second-order valence-corrected chi connectivity index (χ2v) is 11.2. The molecule has 1 atom stereocenters. The van der Waals surface area contributed by atoms with E-state index in [1.165, 1.54) is 4.90 Å². The molecular weight excluding hydrogens is 518 g/mol. The Bertz CT molecular complexity index is 1510. The SMILES string of the molecule is CCCOC(=O)c1cccc(N2C(=O)C(=O)/C(=C(\O)c3ccc(OCC)c(C(C)(C)C)c3)C2c2cccc(C)c2)c1. The number of aliphatic hydroxyl groups is 1. The van der Waals surface area contributed by atoms with E-state index in [-0.39, 0.29) is 28.9 Å². The van der Waals surface area contributed by atoms with Crippen LogP contribution in [0.5, 0.6) is 5.75 Å². The number of benzene rings is 3. The quantitative estimate of drug-likeness (QED) is 0.141. The normalized spacial score (nSPS) is 16.6. The maximum Gasteiger partial charge on any atom is 0.338 e. The van der Waals surface area contributed by atoms with Crippen molar-refractivity contribution < 1.29 is 29.0 Å². The third-order valence-corrected chi connectivity index (χ3v) is 6.96. The van der Waals surface area contributed by atoms with Crippen LogP contribution in [-0.2, 0) is 19.7 Å². The van der Waals surface area contributed by atoms with Gasteiger partial charge in [0.05, 0.1) is 30.4 Å². The molecule has 7 nitrogen and oxygen atoms in total. The number of aliphatic hydroxyl groups excluding tert-OH is 1. The number of esters is 1. The van der Waals surface area contributed by atoms with Gasteiger partial charge in [0, 0.05) is 16.8 Å². The van der Waals surface area contributed by atoms with E-state index in [1.54, 1.807) is 36.4 Å². The molecule has 0 spiro atoms. The molecule has 7 heteroatoms. The van der Waals surface area contributed by atoms with Crippen LogP contribution in [0.4, 0.5) is 5.69 Å². The molecule has 41 heavy (non-hydrogen) atoms. The smallest absolute Gasteiger partial charge is 0.338 e. The van der Waals surface area contributed by atoms with Crippen molar-refractivity contribution in [1.29, 1.82) is 0 Å². The first-order valence-corrected chi connectivity index (χ1v) is 13.9. The third-order valence-electron chi connectivity index (χ3n) is 6.96. The highest BCUT2D eigenvalue weighted by molar-refractivity contribution is 6.51. The first-order valence-electron chi connectivity index (χ1n) is 13.9. The molecule has 0 aromatic heterocycles. The Morgan fingerprint density at radius 2 is 1.68 bits per heavy atom. The zero-order chi connectivity index (χ0) is 29.9. The summed E-state index contributed by atoms with van der Waals surface area (Å²) in [7, 11) is 0. The fourth-order valence-corrected chi connectivity index (χ4v) is 5.02. The standard InChI is InChI=1S/C34H37NO6/c1-7-17-41-33(39)24-13-10-14-25(19-24)35-29(22-12-9-11-21(3)18-22)28(31(37)32(35)38)30(36)23-15-16-27(40-8-2)26(20-23)34(4,5)6/h9-16,18-20,29,36H,7-8,17H2,1-6H3/b30-28-. The van der Waals surface area contributed by atoms with Crippen molar-refractivity contribution in [2.45, 2.75) is 59.4 Å². The zero-order valence-corrected chi connectivity index (χ0v) is 24.5. The Labute approximate surface area is 241 Å². The van der Waals surface area contributed by atoms with E-state index in [4.69, 9.17) is 9.47 Å². The van der Waals surface area contributed by atoms with Crippen molar-refractivity contribution in [3.8, 4) is 5.75 Å². The minimum atomic E-state index is -0.915. The average Bonchev–Trinajstić information content (AvgIpc) is 3.21. The van der Waals surface area contributed by atoms with Crippen LogP contribution in [-0.4, -0.2) is 36.0 Å². The highest BCUT2D eigenvalue weighted by Gasteiger charge is 2.47. The number of ketones is 1. The molecule has 1 heterocycles.